The largest absolute Gasteiger partial charge is 0.454 e. The summed E-state index contributed by atoms with van der Waals surface area (Å²) < 4.78 is 17.7. The average Bonchev–Trinajstić information content (AvgIpc) is 3.45. The predicted octanol–water partition coefficient (Wildman–Crippen LogP) is 16.6. The van der Waals surface area contributed by atoms with Gasteiger partial charge in [-0.05, 0) is 70.6 Å². The first kappa shape index (κ1) is 75.4. The van der Waals surface area contributed by atoms with Crippen molar-refractivity contribution in [3.8, 4) is 0 Å². The number of carbonyl (C=O) groups is 2. The number of allylic oxidation sites excluding steroid dienone is 9. The minimum atomic E-state index is -1.62. The molecule has 0 aliphatic carbocycles. The van der Waals surface area contributed by atoms with Crippen molar-refractivity contribution in [3.63, 3.8) is 0 Å². The van der Waals surface area contributed by atoms with Crippen LogP contribution in [-0.2, 0) is 23.8 Å². The van der Waals surface area contributed by atoms with Gasteiger partial charge in [-0.3, -0.25) is 9.59 Å². The molecule has 8 unspecified atom stereocenters. The minimum Gasteiger partial charge on any atom is -0.454 e. The van der Waals surface area contributed by atoms with Crippen molar-refractivity contribution in [1.82, 2.24) is 5.32 Å². The van der Waals surface area contributed by atoms with Crippen LogP contribution >= 0.6 is 0 Å². The summed E-state index contributed by atoms with van der Waals surface area (Å²) >= 11 is 0. The number of nitrogens with one attached hydrogen (secondary N) is 1. The molecule has 11 heteroatoms. The highest BCUT2D eigenvalue weighted by Gasteiger charge is 2.47. The molecule has 6 N–H and O–H groups in total. The van der Waals surface area contributed by atoms with Crippen LogP contribution in [0.25, 0.3) is 0 Å². The van der Waals surface area contributed by atoms with Gasteiger partial charge in [-0.1, -0.05) is 287 Å². The molecule has 0 spiro atoms. The summed E-state index contributed by atoms with van der Waals surface area (Å²) in [6.07, 6.45) is 61.1. The number of hydrogen-bond donors (Lipinski definition) is 6. The van der Waals surface area contributed by atoms with E-state index in [2.05, 4.69) is 74.7 Å². The Morgan fingerprint density at radius 1 is 0.487 bits per heavy atom. The van der Waals surface area contributed by atoms with E-state index < -0.39 is 67.4 Å². The SMILES string of the molecule is CCCCC/C=C\C/C=C\C/C=C\C/C=C\CCCCCCCCCCCC(=O)OC1C(OCC(NC(=O)C(O)CCCCCCCCCCCCCCC)C(O)/C=C/CCCCCCCCCCCCC)OC(CO)C(O)C1O. The Hall–Kier alpha value is -2.64. The second-order valence-corrected chi connectivity index (χ2v) is 23.2. The highest BCUT2D eigenvalue weighted by molar-refractivity contribution is 5.80. The van der Waals surface area contributed by atoms with Crippen LogP contribution in [0.2, 0.25) is 0 Å². The Morgan fingerprint density at radius 2 is 0.863 bits per heavy atom. The van der Waals surface area contributed by atoms with Gasteiger partial charge in [0.05, 0.1) is 25.4 Å². The molecular formula is C69H125NO10. The molecule has 80 heavy (non-hydrogen) atoms. The molecule has 1 fully saturated rings. The number of unbranched alkanes of at least 4 members (excludes halogenated alkanes) is 35. The molecule has 1 rings (SSSR count). The molecule has 1 aliphatic heterocycles. The minimum absolute atomic E-state index is 0.116. The number of aliphatic hydroxyl groups is 5. The molecule has 8 atom stereocenters. The summed E-state index contributed by atoms with van der Waals surface area (Å²) in [5.41, 5.74) is 0. The Bertz CT molecular complexity index is 1530. The molecule has 0 radical (unpaired) electrons. The van der Waals surface area contributed by atoms with Gasteiger partial charge >= 0.3 is 5.97 Å². The van der Waals surface area contributed by atoms with Crippen molar-refractivity contribution >= 4 is 11.9 Å². The number of esters is 1. The number of aliphatic hydroxyl groups excluding tert-OH is 5. The van der Waals surface area contributed by atoms with E-state index in [-0.39, 0.29) is 13.0 Å². The number of hydrogen-bond acceptors (Lipinski definition) is 10. The van der Waals surface area contributed by atoms with Gasteiger partial charge in [-0.2, -0.15) is 0 Å². The van der Waals surface area contributed by atoms with Gasteiger partial charge in [-0.25, -0.2) is 0 Å². The first-order chi connectivity index (χ1) is 39.2. The van der Waals surface area contributed by atoms with Crippen LogP contribution in [0.3, 0.4) is 0 Å². The van der Waals surface area contributed by atoms with Gasteiger partial charge in [-0.15, -0.1) is 0 Å². The Labute approximate surface area is 490 Å². The molecule has 1 aliphatic rings. The summed E-state index contributed by atoms with van der Waals surface area (Å²) in [7, 11) is 0. The van der Waals surface area contributed by atoms with Crippen molar-refractivity contribution in [2.75, 3.05) is 13.2 Å². The number of rotatable bonds is 57. The fraction of sp³-hybridized carbons (Fsp3) is 0.826. The zero-order valence-electron chi connectivity index (χ0n) is 51.7. The third-order valence-corrected chi connectivity index (χ3v) is 15.7. The Kier molecular flexibility index (Phi) is 53.5. The van der Waals surface area contributed by atoms with Crippen LogP contribution in [0.5, 0.6) is 0 Å². The summed E-state index contributed by atoms with van der Waals surface area (Å²) in [5, 5.41) is 57.1. The van der Waals surface area contributed by atoms with E-state index in [4.69, 9.17) is 14.2 Å². The molecule has 1 heterocycles. The highest BCUT2D eigenvalue weighted by atomic mass is 16.7. The second-order valence-electron chi connectivity index (χ2n) is 23.2. The maximum absolute atomic E-state index is 13.4. The quantitative estimate of drug-likeness (QED) is 0.0195. The van der Waals surface area contributed by atoms with Crippen molar-refractivity contribution < 1.29 is 49.3 Å². The van der Waals surface area contributed by atoms with Gasteiger partial charge in [0.25, 0.3) is 0 Å². The lowest BCUT2D eigenvalue weighted by molar-refractivity contribution is -0.305. The van der Waals surface area contributed by atoms with E-state index >= 15 is 0 Å². The third-order valence-electron chi connectivity index (χ3n) is 15.7. The molecule has 0 aromatic rings. The zero-order chi connectivity index (χ0) is 58.2. The van der Waals surface area contributed by atoms with Gasteiger partial charge in [0.15, 0.2) is 12.4 Å². The van der Waals surface area contributed by atoms with E-state index in [0.717, 1.165) is 89.9 Å². The molecule has 466 valence electrons. The standard InChI is InChI=1S/C69H125NO10/c1-4-7-10-13-16-19-22-25-26-27-28-29-30-31-32-33-34-35-36-39-42-45-48-51-54-57-64(74)80-67-66(76)65(75)63(58-71)79-69(67)78-59-60(61(72)55-52-49-46-43-40-37-23-20-17-14-11-8-5-2)70-68(77)62(73)56-53-50-47-44-41-38-24-21-18-15-12-9-6-3/h16,19,25-26,28-29,31-32,52,55,60-63,65-67,69,71-73,75-76H,4-15,17-18,20-24,27,30,33-51,53-54,56-59H2,1-3H3,(H,70,77)/b19-16-,26-25-,29-28-,32-31-,55-52+. The lowest BCUT2D eigenvalue weighted by atomic mass is 9.99. The summed E-state index contributed by atoms with van der Waals surface area (Å²) in [4.78, 5) is 26.6. The van der Waals surface area contributed by atoms with Crippen molar-refractivity contribution in [2.24, 2.45) is 0 Å². The third kappa shape index (κ3) is 44.0. The first-order valence-electron chi connectivity index (χ1n) is 33.6. The summed E-state index contributed by atoms with van der Waals surface area (Å²) in [6.45, 7) is 5.78. The molecular weight excluding hydrogens is 1000 g/mol. The van der Waals surface area contributed by atoms with Gasteiger partial charge in [0, 0.05) is 6.42 Å². The monoisotopic (exact) mass is 1130 g/mol. The van der Waals surface area contributed by atoms with E-state index in [9.17, 15) is 35.1 Å². The predicted molar refractivity (Wildman–Crippen MR) is 333 cm³/mol. The van der Waals surface area contributed by atoms with Crippen LogP contribution in [0.4, 0.5) is 0 Å². The van der Waals surface area contributed by atoms with E-state index in [1.54, 1.807) is 6.08 Å². The van der Waals surface area contributed by atoms with Crippen molar-refractivity contribution in [3.05, 3.63) is 60.8 Å². The van der Waals surface area contributed by atoms with Crippen LogP contribution in [0, 0.1) is 0 Å². The van der Waals surface area contributed by atoms with Gasteiger partial charge in [0.1, 0.15) is 24.4 Å². The maximum Gasteiger partial charge on any atom is 0.306 e. The molecule has 0 aromatic carbocycles. The summed E-state index contributed by atoms with van der Waals surface area (Å²) in [6, 6.07) is -1.02. The fourth-order valence-electron chi connectivity index (χ4n) is 10.3. The highest BCUT2D eigenvalue weighted by Crippen LogP contribution is 2.26. The number of ether oxygens (including phenoxy) is 3. The van der Waals surface area contributed by atoms with Crippen molar-refractivity contribution in [1.29, 1.82) is 0 Å². The van der Waals surface area contributed by atoms with Crippen LogP contribution in [0.1, 0.15) is 303 Å². The second kappa shape index (κ2) is 56.8. The zero-order valence-corrected chi connectivity index (χ0v) is 51.7. The molecule has 11 nitrogen and oxygen atoms in total. The van der Waals surface area contributed by atoms with Crippen molar-refractivity contribution in [2.45, 2.75) is 352 Å². The Morgan fingerprint density at radius 3 is 1.31 bits per heavy atom. The van der Waals surface area contributed by atoms with Gasteiger partial charge in [0.2, 0.25) is 5.91 Å². The molecule has 0 aromatic heterocycles. The van der Waals surface area contributed by atoms with Crippen LogP contribution in [0.15, 0.2) is 60.8 Å². The maximum atomic E-state index is 13.4. The smallest absolute Gasteiger partial charge is 0.306 e. The first-order valence-corrected chi connectivity index (χ1v) is 33.6. The molecule has 1 amide bonds. The number of amides is 1. The van der Waals surface area contributed by atoms with E-state index in [0.29, 0.717) is 19.3 Å². The van der Waals surface area contributed by atoms with Gasteiger partial charge < -0.3 is 45.1 Å². The van der Waals surface area contributed by atoms with E-state index in [1.165, 1.54) is 167 Å². The lowest BCUT2D eigenvalue weighted by Crippen LogP contribution is -2.61. The molecule has 1 saturated heterocycles. The summed E-state index contributed by atoms with van der Waals surface area (Å²) in [5.74, 6) is -1.19. The normalized spacial score (nSPS) is 19.1. The van der Waals surface area contributed by atoms with Crippen LogP contribution in [-0.4, -0.2) is 99.6 Å². The lowest BCUT2D eigenvalue weighted by Gasteiger charge is -2.41. The average molecular weight is 1130 g/mol. The van der Waals surface area contributed by atoms with Crippen LogP contribution < -0.4 is 5.32 Å². The number of carbonyl (C=O) groups excluding carboxylic acids is 2. The topological polar surface area (TPSA) is 175 Å². The fourth-order valence-corrected chi connectivity index (χ4v) is 10.3. The molecule has 0 bridgehead atoms. The van der Waals surface area contributed by atoms with E-state index in [1.807, 2.05) is 6.08 Å². The Balaban J connectivity index is 2.60. The molecule has 0 saturated carbocycles.